The Morgan fingerprint density at radius 1 is 1.45 bits per heavy atom. The van der Waals surface area contributed by atoms with Crippen LogP contribution in [0.4, 0.5) is 0 Å². The summed E-state index contributed by atoms with van der Waals surface area (Å²) in [5.74, 6) is -0.0549. The molecule has 8 nitrogen and oxygen atoms in total. The number of tetrazole rings is 1. The number of carboxylic acid groups (broad SMARTS) is 1. The van der Waals surface area contributed by atoms with Crippen molar-refractivity contribution in [3.05, 3.63) is 18.1 Å². The summed E-state index contributed by atoms with van der Waals surface area (Å²) in [7, 11) is 0. The highest BCUT2D eigenvalue weighted by Crippen LogP contribution is 2.42. The Labute approximate surface area is 114 Å². The molecule has 1 N–H and O–H groups in total. The lowest BCUT2D eigenvalue weighted by molar-refractivity contribution is -0.138. The van der Waals surface area contributed by atoms with Gasteiger partial charge in [0.25, 0.3) is 0 Å². The normalized spacial score (nSPS) is 16.1. The fourth-order valence-corrected chi connectivity index (χ4v) is 2.21. The highest BCUT2D eigenvalue weighted by molar-refractivity contribution is 5.67. The molecule has 0 bridgehead atoms. The number of hydrogen-bond donors (Lipinski definition) is 1. The lowest BCUT2D eigenvalue weighted by Crippen LogP contribution is -2.18. The minimum absolute atomic E-state index is 0.0159. The van der Waals surface area contributed by atoms with Gasteiger partial charge in [0.2, 0.25) is 5.82 Å². The molecule has 2 aromatic heterocycles. The van der Waals surface area contributed by atoms with Crippen LogP contribution in [-0.4, -0.2) is 41.3 Å². The first-order chi connectivity index (χ1) is 9.65. The summed E-state index contributed by atoms with van der Waals surface area (Å²) in [6, 6.07) is -0.222. The third kappa shape index (κ3) is 2.49. The first-order valence-electron chi connectivity index (χ1n) is 6.44. The van der Waals surface area contributed by atoms with Crippen LogP contribution in [0.5, 0.6) is 0 Å². The average molecular weight is 274 g/mol. The van der Waals surface area contributed by atoms with E-state index in [1.54, 1.807) is 17.1 Å². The van der Waals surface area contributed by atoms with Crippen molar-refractivity contribution in [2.45, 2.75) is 32.2 Å². The van der Waals surface area contributed by atoms with Gasteiger partial charge in [0.15, 0.2) is 0 Å². The summed E-state index contributed by atoms with van der Waals surface area (Å²) in [5.41, 5.74) is 1.36. The second-order valence-electron chi connectivity index (χ2n) is 4.99. The SMILES string of the molecule is Cc1cnc(-c2nnnn2C(CC(=O)O)C2CC2)cn1. The van der Waals surface area contributed by atoms with Gasteiger partial charge in [0.05, 0.1) is 24.4 Å². The molecule has 3 rings (SSSR count). The summed E-state index contributed by atoms with van der Waals surface area (Å²) in [6.45, 7) is 1.84. The van der Waals surface area contributed by atoms with E-state index in [2.05, 4.69) is 25.5 Å². The monoisotopic (exact) mass is 274 g/mol. The van der Waals surface area contributed by atoms with E-state index < -0.39 is 5.97 Å². The Bertz CT molecular complexity index is 619. The number of aryl methyl sites for hydroxylation is 1. The summed E-state index contributed by atoms with van der Waals surface area (Å²) in [5, 5.41) is 20.6. The van der Waals surface area contributed by atoms with Gasteiger partial charge in [-0.3, -0.25) is 9.78 Å². The van der Waals surface area contributed by atoms with Gasteiger partial charge in [0.1, 0.15) is 5.69 Å². The van der Waals surface area contributed by atoms with E-state index in [-0.39, 0.29) is 12.5 Å². The second kappa shape index (κ2) is 4.95. The Hall–Kier alpha value is -2.38. The molecule has 0 aliphatic heterocycles. The van der Waals surface area contributed by atoms with Crippen LogP contribution in [-0.2, 0) is 4.79 Å². The maximum absolute atomic E-state index is 11.0. The van der Waals surface area contributed by atoms with Crippen LogP contribution in [0.15, 0.2) is 12.4 Å². The van der Waals surface area contributed by atoms with E-state index in [4.69, 9.17) is 5.11 Å². The van der Waals surface area contributed by atoms with Crippen LogP contribution < -0.4 is 0 Å². The second-order valence-corrected chi connectivity index (χ2v) is 4.99. The smallest absolute Gasteiger partial charge is 0.305 e. The lowest BCUT2D eigenvalue weighted by atomic mass is 10.1. The number of aromatic nitrogens is 6. The van der Waals surface area contributed by atoms with Crippen LogP contribution >= 0.6 is 0 Å². The zero-order valence-electron chi connectivity index (χ0n) is 11.0. The van der Waals surface area contributed by atoms with Crippen LogP contribution in [0.2, 0.25) is 0 Å². The molecule has 0 amide bonds. The van der Waals surface area contributed by atoms with Crippen molar-refractivity contribution in [2.24, 2.45) is 5.92 Å². The number of rotatable bonds is 5. The predicted molar refractivity (Wildman–Crippen MR) is 67.6 cm³/mol. The first-order valence-corrected chi connectivity index (χ1v) is 6.44. The van der Waals surface area contributed by atoms with Gasteiger partial charge in [-0.1, -0.05) is 0 Å². The van der Waals surface area contributed by atoms with E-state index in [0.717, 1.165) is 18.5 Å². The highest BCUT2D eigenvalue weighted by Gasteiger charge is 2.36. The zero-order chi connectivity index (χ0) is 14.1. The maximum atomic E-state index is 11.0. The molecule has 104 valence electrons. The molecule has 0 aromatic carbocycles. The Balaban J connectivity index is 1.95. The summed E-state index contributed by atoms with van der Waals surface area (Å²) in [6.07, 6.45) is 5.27. The average Bonchev–Trinajstić information content (AvgIpc) is 3.14. The molecule has 1 aliphatic rings. The van der Waals surface area contributed by atoms with Crippen molar-refractivity contribution >= 4 is 5.97 Å². The number of nitrogens with zero attached hydrogens (tertiary/aromatic N) is 6. The van der Waals surface area contributed by atoms with Crippen LogP contribution in [0.3, 0.4) is 0 Å². The Morgan fingerprint density at radius 3 is 2.85 bits per heavy atom. The molecule has 1 atom stereocenters. The van der Waals surface area contributed by atoms with Crippen molar-refractivity contribution in [3.8, 4) is 11.5 Å². The predicted octanol–water partition coefficient (Wildman–Crippen LogP) is 0.864. The molecular formula is C12H14N6O2. The number of carboxylic acids is 1. The highest BCUT2D eigenvalue weighted by atomic mass is 16.4. The van der Waals surface area contributed by atoms with Gasteiger partial charge in [0, 0.05) is 6.20 Å². The minimum atomic E-state index is -0.849. The fraction of sp³-hybridized carbons (Fsp3) is 0.500. The molecule has 0 spiro atoms. The summed E-state index contributed by atoms with van der Waals surface area (Å²) < 4.78 is 1.57. The Morgan fingerprint density at radius 2 is 2.25 bits per heavy atom. The molecule has 20 heavy (non-hydrogen) atoms. The van der Waals surface area contributed by atoms with Gasteiger partial charge in [-0.2, -0.15) is 0 Å². The van der Waals surface area contributed by atoms with Gasteiger partial charge in [-0.05, 0) is 36.1 Å². The molecule has 0 saturated heterocycles. The molecule has 8 heteroatoms. The molecule has 2 heterocycles. The molecule has 1 aliphatic carbocycles. The summed E-state index contributed by atoms with van der Waals surface area (Å²) in [4.78, 5) is 19.4. The molecule has 1 saturated carbocycles. The van der Waals surface area contributed by atoms with Crippen molar-refractivity contribution in [1.82, 2.24) is 30.2 Å². The van der Waals surface area contributed by atoms with E-state index in [0.29, 0.717) is 17.4 Å². The third-order valence-corrected chi connectivity index (χ3v) is 3.37. The van der Waals surface area contributed by atoms with Crippen molar-refractivity contribution in [2.75, 3.05) is 0 Å². The quantitative estimate of drug-likeness (QED) is 0.861. The van der Waals surface area contributed by atoms with Gasteiger partial charge >= 0.3 is 5.97 Å². The van der Waals surface area contributed by atoms with Crippen molar-refractivity contribution in [1.29, 1.82) is 0 Å². The molecule has 0 radical (unpaired) electrons. The fourth-order valence-electron chi connectivity index (χ4n) is 2.21. The largest absolute Gasteiger partial charge is 0.481 e. The van der Waals surface area contributed by atoms with Crippen LogP contribution in [0, 0.1) is 12.8 Å². The summed E-state index contributed by atoms with van der Waals surface area (Å²) >= 11 is 0. The zero-order valence-corrected chi connectivity index (χ0v) is 11.0. The van der Waals surface area contributed by atoms with Gasteiger partial charge in [-0.25, -0.2) is 9.67 Å². The van der Waals surface area contributed by atoms with E-state index in [9.17, 15) is 4.79 Å². The van der Waals surface area contributed by atoms with E-state index in [1.165, 1.54) is 0 Å². The van der Waals surface area contributed by atoms with Crippen LogP contribution in [0.25, 0.3) is 11.5 Å². The molecular weight excluding hydrogens is 260 g/mol. The lowest BCUT2D eigenvalue weighted by Gasteiger charge is -2.15. The third-order valence-electron chi connectivity index (χ3n) is 3.37. The number of hydrogen-bond acceptors (Lipinski definition) is 6. The van der Waals surface area contributed by atoms with Gasteiger partial charge < -0.3 is 5.11 Å². The Kier molecular flexibility index (Phi) is 3.13. The van der Waals surface area contributed by atoms with Crippen molar-refractivity contribution in [3.63, 3.8) is 0 Å². The van der Waals surface area contributed by atoms with E-state index in [1.807, 2.05) is 6.92 Å². The standard InChI is InChI=1S/C12H14N6O2/c1-7-5-14-9(6-13-7)12-15-16-17-18(12)10(4-11(19)20)8-2-3-8/h5-6,8,10H,2-4H2,1H3,(H,19,20). The molecule has 1 unspecified atom stereocenters. The van der Waals surface area contributed by atoms with E-state index >= 15 is 0 Å². The first kappa shape index (κ1) is 12.6. The number of aliphatic carboxylic acids is 1. The topological polar surface area (TPSA) is 107 Å². The minimum Gasteiger partial charge on any atom is -0.481 e. The van der Waals surface area contributed by atoms with Gasteiger partial charge in [-0.15, -0.1) is 5.10 Å². The van der Waals surface area contributed by atoms with Crippen LogP contribution in [0.1, 0.15) is 31.0 Å². The van der Waals surface area contributed by atoms with Crippen molar-refractivity contribution < 1.29 is 9.90 Å². The molecule has 1 fully saturated rings. The number of carbonyl (C=O) groups is 1. The maximum Gasteiger partial charge on any atom is 0.305 e. The molecule has 2 aromatic rings.